The molecule has 2 heterocycles. The molecule has 2 saturated heterocycles. The van der Waals surface area contributed by atoms with E-state index in [0.717, 1.165) is 58.2 Å². The number of esters is 1. The van der Waals surface area contributed by atoms with Gasteiger partial charge < -0.3 is 23.8 Å². The lowest BCUT2D eigenvalue weighted by Gasteiger charge is -2.28. The Morgan fingerprint density at radius 2 is 1.04 bits per heavy atom. The van der Waals surface area contributed by atoms with Gasteiger partial charge in [0.2, 0.25) is 0 Å². The van der Waals surface area contributed by atoms with Gasteiger partial charge >= 0.3 is 5.97 Å². The summed E-state index contributed by atoms with van der Waals surface area (Å²) < 4.78 is 24.8. The fourth-order valence-corrected chi connectivity index (χ4v) is 7.31. The van der Waals surface area contributed by atoms with E-state index in [9.17, 15) is 4.79 Å². The van der Waals surface area contributed by atoms with E-state index < -0.39 is 0 Å². The second-order valence-corrected chi connectivity index (χ2v) is 16.0. The predicted molar refractivity (Wildman–Crippen MR) is 229 cm³/mol. The maximum Gasteiger partial charge on any atom is 0.309 e. The van der Waals surface area contributed by atoms with E-state index in [1.165, 1.54) is 128 Å². The van der Waals surface area contributed by atoms with Gasteiger partial charge in [0.25, 0.3) is 0 Å². The minimum atomic E-state index is -0.259. The molecule has 312 valence electrons. The van der Waals surface area contributed by atoms with Gasteiger partial charge in [0.15, 0.2) is 0 Å². The van der Waals surface area contributed by atoms with E-state index in [2.05, 4.69) is 74.4 Å². The van der Waals surface area contributed by atoms with Crippen molar-refractivity contribution in [3.63, 3.8) is 0 Å². The highest BCUT2D eigenvalue weighted by Crippen LogP contribution is 2.24. The lowest BCUT2D eigenvalue weighted by atomic mass is 9.97. The quantitative estimate of drug-likeness (QED) is 0.0365. The topological polar surface area (TPSA) is 57.2 Å². The van der Waals surface area contributed by atoms with E-state index in [4.69, 9.17) is 18.9 Å². The molecule has 0 aliphatic carbocycles. The summed E-state index contributed by atoms with van der Waals surface area (Å²) in [5.41, 5.74) is 0. The van der Waals surface area contributed by atoms with Crippen molar-refractivity contribution in [2.75, 3.05) is 46.6 Å². The summed E-state index contributed by atoms with van der Waals surface area (Å²) in [5.74, 6) is -0.0858. The van der Waals surface area contributed by atoms with Crippen molar-refractivity contribution in [3.05, 3.63) is 48.6 Å². The number of likely N-dealkylation sites (tertiary alicyclic amines) is 1. The van der Waals surface area contributed by atoms with Crippen molar-refractivity contribution < 1.29 is 23.7 Å². The number of hydrogen-bond donors (Lipinski definition) is 0. The van der Waals surface area contributed by atoms with Crippen LogP contribution in [0.25, 0.3) is 0 Å². The Kier molecular flexibility index (Phi) is 32.0. The Morgan fingerprint density at radius 3 is 1.54 bits per heavy atom. The van der Waals surface area contributed by atoms with Crippen molar-refractivity contribution in [1.29, 1.82) is 0 Å². The summed E-state index contributed by atoms with van der Waals surface area (Å²) in [5, 5.41) is 0. The highest BCUT2D eigenvalue weighted by atomic mass is 16.6. The number of allylic oxidation sites excluding steroid dienone is 8. The maximum atomic E-state index is 12.8. The van der Waals surface area contributed by atoms with Gasteiger partial charge in [-0.25, -0.2) is 0 Å². The number of ether oxygens (including phenoxy) is 4. The molecule has 2 rings (SSSR count). The van der Waals surface area contributed by atoms with E-state index in [0.29, 0.717) is 13.2 Å². The molecule has 3 atom stereocenters. The third-order valence-corrected chi connectivity index (χ3v) is 11.0. The summed E-state index contributed by atoms with van der Waals surface area (Å²) in [6, 6.07) is 0. The van der Waals surface area contributed by atoms with Crippen LogP contribution >= 0.6 is 0 Å². The number of unbranched alkanes of at least 4 members (excludes halogenated alkanes) is 18. The van der Waals surface area contributed by atoms with Crippen LogP contribution in [0.3, 0.4) is 0 Å². The monoisotopic (exact) mass is 756 g/mol. The first-order valence-corrected chi connectivity index (χ1v) is 23.0. The molecule has 0 aromatic heterocycles. The zero-order valence-electron chi connectivity index (χ0n) is 35.5. The normalized spacial score (nSPS) is 20.2. The highest BCUT2D eigenvalue weighted by molar-refractivity contribution is 5.72. The Bertz CT molecular complexity index is 968. The smallest absolute Gasteiger partial charge is 0.309 e. The van der Waals surface area contributed by atoms with Crippen LogP contribution in [-0.2, 0) is 23.7 Å². The largest absolute Gasteiger partial charge is 0.463 e. The number of rotatable bonds is 35. The first-order chi connectivity index (χ1) is 26.7. The van der Waals surface area contributed by atoms with Gasteiger partial charge in [-0.05, 0) is 110 Å². The number of carbonyl (C=O) groups excluding carboxylic acids is 1. The fraction of sp³-hybridized carbons (Fsp3) is 0.812. The first-order valence-electron chi connectivity index (χ1n) is 23.0. The van der Waals surface area contributed by atoms with Crippen LogP contribution in [0.2, 0.25) is 0 Å². The summed E-state index contributed by atoms with van der Waals surface area (Å²) in [6.45, 7) is 8.61. The lowest BCUT2D eigenvalue weighted by Crippen LogP contribution is -2.39. The van der Waals surface area contributed by atoms with Crippen molar-refractivity contribution >= 4 is 5.97 Å². The van der Waals surface area contributed by atoms with Gasteiger partial charge in [-0.2, -0.15) is 0 Å². The molecule has 2 fully saturated rings. The fourth-order valence-electron chi connectivity index (χ4n) is 7.31. The number of nitrogens with zero attached hydrogens (tertiary/aromatic N) is 1. The van der Waals surface area contributed by atoms with Gasteiger partial charge in [0.05, 0.1) is 12.5 Å². The van der Waals surface area contributed by atoms with Crippen LogP contribution in [0, 0.1) is 5.92 Å². The Hall–Kier alpha value is -1.73. The molecular weight excluding hydrogens is 671 g/mol. The minimum Gasteiger partial charge on any atom is -0.463 e. The van der Waals surface area contributed by atoms with Crippen LogP contribution in [-0.4, -0.2) is 75.7 Å². The van der Waals surface area contributed by atoms with E-state index >= 15 is 0 Å². The Morgan fingerprint density at radius 1 is 0.593 bits per heavy atom. The molecule has 0 aromatic carbocycles. The SMILES string of the molecule is CCCCC/C=C\C/C=C\CCCCCCCCOC1CO[C@H](COC(=O)C2CCN(C)CC2)C1OCCCCCCCC/C=C\C/C=C\CCCCC. The molecule has 2 aliphatic rings. The van der Waals surface area contributed by atoms with Crippen molar-refractivity contribution in [2.45, 2.75) is 199 Å². The second kappa shape index (κ2) is 35.7. The standard InChI is InChI=1S/C48H85NO5/c1-4-6-8-10-12-14-16-18-20-22-24-26-28-30-32-34-40-51-45-42-53-46(43-54-48(50)44-36-38-49(3)39-37-44)47(45)52-41-35-33-31-29-27-25-23-21-19-17-15-13-11-9-7-5-2/h12-15,18-21,44-47H,4-11,16-17,22-43H2,1-3H3/b14-12-,15-13-,20-18-,21-19-/t45?,46-,47?/m1/s1. The average molecular weight is 756 g/mol. The molecule has 6 heteroatoms. The Labute approximate surface area is 333 Å². The second-order valence-electron chi connectivity index (χ2n) is 16.0. The number of carbonyl (C=O) groups is 1. The van der Waals surface area contributed by atoms with Crippen LogP contribution in [0.1, 0.15) is 181 Å². The molecule has 2 aliphatic heterocycles. The molecule has 6 nitrogen and oxygen atoms in total. The molecule has 0 radical (unpaired) electrons. The van der Waals surface area contributed by atoms with Gasteiger partial charge in [-0.1, -0.05) is 140 Å². The van der Waals surface area contributed by atoms with Crippen molar-refractivity contribution in [1.82, 2.24) is 4.90 Å². The van der Waals surface area contributed by atoms with Gasteiger partial charge in [-0.15, -0.1) is 0 Å². The summed E-state index contributed by atoms with van der Waals surface area (Å²) in [4.78, 5) is 15.1. The number of piperidine rings is 1. The zero-order chi connectivity index (χ0) is 38.6. The van der Waals surface area contributed by atoms with E-state index in [-0.39, 0.29) is 36.8 Å². The van der Waals surface area contributed by atoms with E-state index in [1.54, 1.807) is 0 Å². The molecule has 0 aromatic rings. The average Bonchev–Trinajstić information content (AvgIpc) is 3.57. The molecular formula is C48H85NO5. The molecule has 0 amide bonds. The van der Waals surface area contributed by atoms with Crippen molar-refractivity contribution in [3.8, 4) is 0 Å². The van der Waals surface area contributed by atoms with Gasteiger partial charge in [0, 0.05) is 13.2 Å². The zero-order valence-corrected chi connectivity index (χ0v) is 35.5. The highest BCUT2D eigenvalue weighted by Gasteiger charge is 2.40. The molecule has 2 unspecified atom stereocenters. The predicted octanol–water partition coefficient (Wildman–Crippen LogP) is 12.7. The minimum absolute atomic E-state index is 0.00362. The molecule has 0 bridgehead atoms. The van der Waals surface area contributed by atoms with Gasteiger partial charge in [-0.3, -0.25) is 4.79 Å². The number of hydrogen-bond acceptors (Lipinski definition) is 6. The van der Waals surface area contributed by atoms with Gasteiger partial charge in [0.1, 0.15) is 24.9 Å². The summed E-state index contributed by atoms with van der Waals surface area (Å²) in [7, 11) is 2.11. The maximum absolute atomic E-state index is 12.8. The molecule has 0 spiro atoms. The summed E-state index contributed by atoms with van der Waals surface area (Å²) in [6.07, 6.45) is 49.5. The first kappa shape index (κ1) is 48.4. The molecule has 0 N–H and O–H groups in total. The van der Waals surface area contributed by atoms with Crippen LogP contribution in [0.15, 0.2) is 48.6 Å². The Balaban J connectivity index is 1.59. The lowest BCUT2D eigenvalue weighted by molar-refractivity contribution is -0.156. The van der Waals surface area contributed by atoms with Crippen LogP contribution in [0.4, 0.5) is 0 Å². The third-order valence-electron chi connectivity index (χ3n) is 11.0. The summed E-state index contributed by atoms with van der Waals surface area (Å²) >= 11 is 0. The van der Waals surface area contributed by atoms with Crippen LogP contribution in [0.5, 0.6) is 0 Å². The molecule has 0 saturated carbocycles. The third kappa shape index (κ3) is 26.2. The molecule has 54 heavy (non-hydrogen) atoms. The van der Waals surface area contributed by atoms with E-state index in [1.807, 2.05) is 0 Å². The van der Waals surface area contributed by atoms with Crippen LogP contribution < -0.4 is 0 Å². The van der Waals surface area contributed by atoms with Crippen molar-refractivity contribution in [2.24, 2.45) is 5.92 Å².